The molecule has 0 amide bonds. The van der Waals surface area contributed by atoms with E-state index >= 15 is 0 Å². The predicted molar refractivity (Wildman–Crippen MR) is 118 cm³/mol. The van der Waals surface area contributed by atoms with Crippen molar-refractivity contribution in [3.63, 3.8) is 0 Å². The van der Waals surface area contributed by atoms with E-state index in [1.807, 2.05) is 6.92 Å². The van der Waals surface area contributed by atoms with Crippen LogP contribution in [0.3, 0.4) is 0 Å². The minimum atomic E-state index is 0.580. The van der Waals surface area contributed by atoms with Crippen LogP contribution in [0, 0.1) is 11.8 Å². The molecule has 2 aliphatic heterocycles. The second-order valence-corrected chi connectivity index (χ2v) is 8.55. The van der Waals surface area contributed by atoms with Crippen LogP contribution in [0.5, 0.6) is 0 Å². The summed E-state index contributed by atoms with van der Waals surface area (Å²) in [7, 11) is 0. The number of thiocarbonyl (C=S) groups is 1. The Morgan fingerprint density at radius 1 is 1.04 bits per heavy atom. The summed E-state index contributed by atoms with van der Waals surface area (Å²) >= 11 is 5.36. The molecule has 7 heteroatoms. The number of nitrogens with one attached hydrogen (secondary N) is 2. The molecule has 27 heavy (non-hydrogen) atoms. The maximum absolute atomic E-state index is 5.36. The average Bonchev–Trinajstić information content (AvgIpc) is 2.90. The predicted octanol–water partition coefficient (Wildman–Crippen LogP) is 3.65. The first kappa shape index (κ1) is 20.1. The summed E-state index contributed by atoms with van der Waals surface area (Å²) in [6.07, 6.45) is 6.37. The molecule has 6 nitrogen and oxygen atoms in total. The van der Waals surface area contributed by atoms with Crippen LogP contribution in [-0.2, 0) is 0 Å². The van der Waals surface area contributed by atoms with Crippen molar-refractivity contribution in [3.05, 3.63) is 6.07 Å². The van der Waals surface area contributed by atoms with Gasteiger partial charge in [0.05, 0.1) is 0 Å². The molecule has 3 rings (SSSR count). The maximum Gasteiger partial charge on any atom is 0.232 e. The first-order valence-electron chi connectivity index (χ1n) is 10.5. The lowest BCUT2D eigenvalue weighted by Crippen LogP contribution is -2.39. The molecule has 0 spiro atoms. The average molecular weight is 391 g/mol. The third-order valence-corrected chi connectivity index (χ3v) is 5.63. The third-order valence-electron chi connectivity index (χ3n) is 5.38. The first-order valence-corrected chi connectivity index (χ1v) is 10.9. The monoisotopic (exact) mass is 390 g/mol. The van der Waals surface area contributed by atoms with Gasteiger partial charge in [-0.15, -0.1) is 0 Å². The number of aromatic nitrogens is 2. The van der Waals surface area contributed by atoms with Crippen molar-refractivity contribution in [3.8, 4) is 0 Å². The fourth-order valence-electron chi connectivity index (χ4n) is 4.26. The van der Waals surface area contributed by atoms with E-state index in [-0.39, 0.29) is 0 Å². The highest BCUT2D eigenvalue weighted by Crippen LogP contribution is 2.29. The largest absolute Gasteiger partial charge is 0.363 e. The van der Waals surface area contributed by atoms with Gasteiger partial charge in [-0.3, -0.25) is 0 Å². The molecule has 0 unspecified atom stereocenters. The zero-order chi connectivity index (χ0) is 19.2. The van der Waals surface area contributed by atoms with E-state index < -0.39 is 0 Å². The lowest BCUT2D eigenvalue weighted by atomic mass is 9.92. The van der Waals surface area contributed by atoms with Gasteiger partial charge in [0, 0.05) is 38.8 Å². The van der Waals surface area contributed by atoms with Crippen LogP contribution in [-0.4, -0.2) is 47.8 Å². The van der Waals surface area contributed by atoms with E-state index in [1.54, 1.807) is 0 Å². The maximum atomic E-state index is 5.36. The number of anilines is 3. The molecule has 1 aromatic heterocycles. The Morgan fingerprint density at radius 3 is 2.22 bits per heavy atom. The van der Waals surface area contributed by atoms with Gasteiger partial charge in [0.2, 0.25) is 5.95 Å². The van der Waals surface area contributed by atoms with Crippen LogP contribution in [0.1, 0.15) is 52.9 Å². The van der Waals surface area contributed by atoms with Gasteiger partial charge in [0.1, 0.15) is 11.6 Å². The first-order chi connectivity index (χ1) is 13.0. The van der Waals surface area contributed by atoms with E-state index in [0.717, 1.165) is 44.4 Å². The van der Waals surface area contributed by atoms with Crippen LogP contribution in [0.25, 0.3) is 0 Å². The zero-order valence-electron chi connectivity index (χ0n) is 17.0. The Hall–Kier alpha value is -1.63. The summed E-state index contributed by atoms with van der Waals surface area (Å²) in [6.45, 7) is 11.7. The molecule has 0 saturated carbocycles. The highest BCUT2D eigenvalue weighted by molar-refractivity contribution is 7.80. The lowest BCUT2D eigenvalue weighted by Gasteiger charge is -2.36. The van der Waals surface area contributed by atoms with Crippen molar-refractivity contribution >= 4 is 34.9 Å². The second-order valence-electron chi connectivity index (χ2n) is 8.14. The fourth-order valence-corrected chi connectivity index (χ4v) is 4.49. The van der Waals surface area contributed by atoms with Gasteiger partial charge in [0.15, 0.2) is 5.11 Å². The number of piperidine rings is 1. The van der Waals surface area contributed by atoms with Crippen molar-refractivity contribution in [2.45, 2.75) is 52.9 Å². The van der Waals surface area contributed by atoms with Gasteiger partial charge in [-0.25, -0.2) is 0 Å². The molecule has 150 valence electrons. The Morgan fingerprint density at radius 2 is 1.63 bits per heavy atom. The molecule has 2 saturated heterocycles. The molecule has 0 aromatic carbocycles. The van der Waals surface area contributed by atoms with Crippen LogP contribution >= 0.6 is 12.2 Å². The molecule has 2 aliphatic rings. The number of nitrogens with zero attached hydrogens (tertiary/aromatic N) is 4. The second kappa shape index (κ2) is 9.53. The molecular formula is C20H34N6S. The highest BCUT2D eigenvalue weighted by atomic mass is 32.1. The van der Waals surface area contributed by atoms with Crippen molar-refractivity contribution in [1.82, 2.24) is 15.3 Å². The zero-order valence-corrected chi connectivity index (χ0v) is 17.8. The summed E-state index contributed by atoms with van der Waals surface area (Å²) in [6, 6.07) is 2.18. The standard InChI is InChI=1S/C20H34N6S/c1-4-21-20(27)24-19-22-17(25-9-7-5-6-8-10-25)12-18(23-19)26-13-15(2)11-16(3)14-26/h12,15-16H,4-11,13-14H2,1-3H3,(H2,21,22,23,24,27)/t15-,16-/m1/s1. The molecule has 0 radical (unpaired) electrons. The third kappa shape index (κ3) is 5.67. The molecule has 0 bridgehead atoms. The SMILES string of the molecule is CCNC(=S)Nc1nc(N2CCCCCC2)cc(N2C[C@H](C)C[C@@H](C)C2)n1. The molecule has 3 heterocycles. The van der Waals surface area contributed by atoms with E-state index in [2.05, 4.69) is 40.3 Å². The van der Waals surface area contributed by atoms with Gasteiger partial charge < -0.3 is 20.4 Å². The lowest BCUT2D eigenvalue weighted by molar-refractivity contribution is 0.355. The summed E-state index contributed by atoms with van der Waals surface area (Å²) in [5, 5.41) is 6.89. The van der Waals surface area contributed by atoms with E-state index in [9.17, 15) is 0 Å². The Bertz CT molecular complexity index is 619. The fraction of sp³-hybridized carbons (Fsp3) is 0.750. The van der Waals surface area contributed by atoms with Gasteiger partial charge in [-0.05, 0) is 50.2 Å². The van der Waals surface area contributed by atoms with Crippen molar-refractivity contribution in [1.29, 1.82) is 0 Å². The van der Waals surface area contributed by atoms with E-state index in [0.29, 0.717) is 22.9 Å². The minimum Gasteiger partial charge on any atom is -0.363 e. The van der Waals surface area contributed by atoms with E-state index in [4.69, 9.17) is 22.2 Å². The van der Waals surface area contributed by atoms with Gasteiger partial charge in [-0.1, -0.05) is 26.7 Å². The van der Waals surface area contributed by atoms with Crippen LogP contribution in [0.15, 0.2) is 6.07 Å². The van der Waals surface area contributed by atoms with Gasteiger partial charge >= 0.3 is 0 Å². The topological polar surface area (TPSA) is 56.3 Å². The molecule has 2 fully saturated rings. The Labute approximate surface area is 169 Å². The summed E-state index contributed by atoms with van der Waals surface area (Å²) in [5.41, 5.74) is 0. The normalized spacial score (nSPS) is 23.7. The summed E-state index contributed by atoms with van der Waals surface area (Å²) in [4.78, 5) is 14.5. The molecule has 0 aliphatic carbocycles. The number of hydrogen-bond donors (Lipinski definition) is 2. The molecular weight excluding hydrogens is 356 g/mol. The van der Waals surface area contributed by atoms with Gasteiger partial charge in [0.25, 0.3) is 0 Å². The molecule has 1 aromatic rings. The van der Waals surface area contributed by atoms with Gasteiger partial charge in [-0.2, -0.15) is 9.97 Å². The number of rotatable bonds is 4. The summed E-state index contributed by atoms with van der Waals surface area (Å²) in [5.74, 6) is 4.01. The number of hydrogen-bond acceptors (Lipinski definition) is 5. The van der Waals surface area contributed by atoms with Crippen LogP contribution < -0.4 is 20.4 Å². The van der Waals surface area contributed by atoms with Crippen molar-refractivity contribution in [2.24, 2.45) is 11.8 Å². The summed E-state index contributed by atoms with van der Waals surface area (Å²) < 4.78 is 0. The quantitative estimate of drug-likeness (QED) is 0.761. The Balaban J connectivity index is 1.88. The van der Waals surface area contributed by atoms with Crippen molar-refractivity contribution in [2.75, 3.05) is 47.8 Å². The van der Waals surface area contributed by atoms with Crippen LogP contribution in [0.2, 0.25) is 0 Å². The molecule has 2 atom stereocenters. The molecule has 2 N–H and O–H groups in total. The Kier molecular flexibility index (Phi) is 7.10. The smallest absolute Gasteiger partial charge is 0.232 e. The minimum absolute atomic E-state index is 0.580. The van der Waals surface area contributed by atoms with E-state index in [1.165, 1.54) is 32.1 Å². The van der Waals surface area contributed by atoms with Crippen LogP contribution in [0.4, 0.5) is 17.6 Å². The highest BCUT2D eigenvalue weighted by Gasteiger charge is 2.24. The van der Waals surface area contributed by atoms with Crippen molar-refractivity contribution < 1.29 is 0 Å².